The van der Waals surface area contributed by atoms with E-state index in [4.69, 9.17) is 0 Å². The van der Waals surface area contributed by atoms with Gasteiger partial charge in [-0.15, -0.1) is 0 Å². The lowest BCUT2D eigenvalue weighted by Gasteiger charge is -2.24. The summed E-state index contributed by atoms with van der Waals surface area (Å²) in [6, 6.07) is 19.8. The van der Waals surface area contributed by atoms with Gasteiger partial charge in [-0.2, -0.15) is 0 Å². The lowest BCUT2D eigenvalue weighted by molar-refractivity contribution is 0.129. The van der Waals surface area contributed by atoms with Gasteiger partial charge in [0.1, 0.15) is 0 Å². The van der Waals surface area contributed by atoms with Crippen molar-refractivity contribution < 1.29 is 5.11 Å². The van der Waals surface area contributed by atoms with Crippen LogP contribution >= 0.6 is 0 Å². The molecule has 2 aromatic rings. The maximum absolute atomic E-state index is 10.5. The lowest BCUT2D eigenvalue weighted by Crippen LogP contribution is -2.26. The third-order valence-corrected chi connectivity index (χ3v) is 3.04. The number of benzene rings is 2. The highest BCUT2D eigenvalue weighted by atomic mass is 16.3. The Bertz CT molecular complexity index is 455. The van der Waals surface area contributed by atoms with Crippen LogP contribution < -0.4 is 5.32 Å². The van der Waals surface area contributed by atoms with E-state index in [0.717, 1.165) is 17.7 Å². The first-order valence-electron chi connectivity index (χ1n) is 6.34. The minimum absolute atomic E-state index is 0.0707. The molecule has 0 heterocycles. The number of nitrogens with one attached hydrogen (secondary N) is 1. The van der Waals surface area contributed by atoms with Gasteiger partial charge in [0, 0.05) is 0 Å². The van der Waals surface area contributed by atoms with Gasteiger partial charge in [0.15, 0.2) is 0 Å². The van der Waals surface area contributed by atoms with Crippen LogP contribution in [0.2, 0.25) is 0 Å². The van der Waals surface area contributed by atoms with E-state index in [-0.39, 0.29) is 6.04 Å². The van der Waals surface area contributed by atoms with Gasteiger partial charge in [-0.25, -0.2) is 0 Å². The third kappa shape index (κ3) is 2.97. The maximum atomic E-state index is 10.5. The molecule has 2 atom stereocenters. The highest BCUT2D eigenvalue weighted by molar-refractivity contribution is 5.26. The van der Waals surface area contributed by atoms with Crippen LogP contribution in [-0.2, 0) is 0 Å². The minimum Gasteiger partial charge on any atom is -0.386 e. The quantitative estimate of drug-likeness (QED) is 0.843. The molecule has 0 bridgehead atoms. The number of hydrogen-bond donors (Lipinski definition) is 2. The second-order valence-corrected chi connectivity index (χ2v) is 4.30. The van der Waals surface area contributed by atoms with Crippen LogP contribution in [0.25, 0.3) is 0 Å². The predicted octanol–water partition coefficient (Wildman–Crippen LogP) is 3.07. The van der Waals surface area contributed by atoms with E-state index in [1.165, 1.54) is 0 Å². The molecule has 2 N–H and O–H groups in total. The standard InChI is InChI=1S/C16H19NO/c1-2-17-15(13-9-5-3-6-10-13)16(18)14-11-7-4-8-12-14/h3-12,15-18H,2H2,1H3/t15-,16-/m0/s1. The van der Waals surface area contributed by atoms with E-state index < -0.39 is 6.10 Å². The monoisotopic (exact) mass is 241 g/mol. The summed E-state index contributed by atoms with van der Waals surface area (Å²) in [7, 11) is 0. The normalized spacial score (nSPS) is 14.1. The first-order valence-corrected chi connectivity index (χ1v) is 6.34. The summed E-state index contributed by atoms with van der Waals surface area (Å²) >= 11 is 0. The third-order valence-electron chi connectivity index (χ3n) is 3.04. The Labute approximate surface area is 108 Å². The van der Waals surface area contributed by atoms with E-state index in [1.807, 2.05) is 67.6 Å². The van der Waals surface area contributed by atoms with Crippen LogP contribution in [0.1, 0.15) is 30.2 Å². The van der Waals surface area contributed by atoms with Gasteiger partial charge in [-0.05, 0) is 17.7 Å². The van der Waals surface area contributed by atoms with E-state index in [9.17, 15) is 5.11 Å². The Morgan fingerprint density at radius 1 is 0.889 bits per heavy atom. The summed E-state index contributed by atoms with van der Waals surface area (Å²) in [5, 5.41) is 13.8. The van der Waals surface area contributed by atoms with Crippen LogP contribution in [0.3, 0.4) is 0 Å². The zero-order chi connectivity index (χ0) is 12.8. The van der Waals surface area contributed by atoms with Crippen molar-refractivity contribution >= 4 is 0 Å². The van der Waals surface area contributed by atoms with Gasteiger partial charge in [-0.3, -0.25) is 0 Å². The molecule has 0 aliphatic heterocycles. The average Bonchev–Trinajstić information content (AvgIpc) is 2.46. The van der Waals surface area contributed by atoms with Gasteiger partial charge >= 0.3 is 0 Å². The molecule has 2 nitrogen and oxygen atoms in total. The summed E-state index contributed by atoms with van der Waals surface area (Å²) in [6.45, 7) is 2.87. The molecule has 0 saturated carbocycles. The molecule has 2 heteroatoms. The Hall–Kier alpha value is -1.64. The summed E-state index contributed by atoms with van der Waals surface area (Å²) in [5.74, 6) is 0. The van der Waals surface area contributed by atoms with Crippen molar-refractivity contribution in [1.29, 1.82) is 0 Å². The maximum Gasteiger partial charge on any atom is 0.0984 e. The van der Waals surface area contributed by atoms with E-state index in [1.54, 1.807) is 0 Å². The fourth-order valence-corrected chi connectivity index (χ4v) is 2.13. The van der Waals surface area contributed by atoms with Crippen molar-refractivity contribution in [2.24, 2.45) is 0 Å². The number of rotatable bonds is 5. The SMILES string of the molecule is CCN[C@@H](c1ccccc1)[C@@H](O)c1ccccc1. The highest BCUT2D eigenvalue weighted by Crippen LogP contribution is 2.28. The van der Waals surface area contributed by atoms with Gasteiger partial charge in [-0.1, -0.05) is 67.6 Å². The van der Waals surface area contributed by atoms with Crippen LogP contribution in [-0.4, -0.2) is 11.7 Å². The highest BCUT2D eigenvalue weighted by Gasteiger charge is 2.21. The van der Waals surface area contributed by atoms with Gasteiger partial charge in [0.25, 0.3) is 0 Å². The first kappa shape index (κ1) is 12.8. The van der Waals surface area contributed by atoms with Crippen molar-refractivity contribution in [2.45, 2.75) is 19.1 Å². The zero-order valence-electron chi connectivity index (χ0n) is 10.6. The Morgan fingerprint density at radius 2 is 1.39 bits per heavy atom. The molecule has 2 rings (SSSR count). The molecule has 2 aromatic carbocycles. The van der Waals surface area contributed by atoms with E-state index >= 15 is 0 Å². The minimum atomic E-state index is -0.534. The van der Waals surface area contributed by atoms with Crippen LogP contribution in [0.15, 0.2) is 60.7 Å². The summed E-state index contributed by atoms with van der Waals surface area (Å²) in [4.78, 5) is 0. The number of aliphatic hydroxyl groups is 1. The second kappa shape index (κ2) is 6.34. The van der Waals surface area contributed by atoms with Crippen molar-refractivity contribution in [1.82, 2.24) is 5.32 Å². The first-order chi connectivity index (χ1) is 8.83. The molecule has 94 valence electrons. The Kier molecular flexibility index (Phi) is 4.51. The molecule has 0 aromatic heterocycles. The Morgan fingerprint density at radius 3 is 1.89 bits per heavy atom. The van der Waals surface area contributed by atoms with Crippen molar-refractivity contribution in [3.05, 3.63) is 71.8 Å². The fraction of sp³-hybridized carbons (Fsp3) is 0.250. The van der Waals surface area contributed by atoms with Gasteiger partial charge in [0.2, 0.25) is 0 Å². The molecule has 0 radical (unpaired) electrons. The van der Waals surface area contributed by atoms with E-state index in [0.29, 0.717) is 0 Å². The zero-order valence-corrected chi connectivity index (χ0v) is 10.6. The van der Waals surface area contributed by atoms with Crippen molar-refractivity contribution in [3.8, 4) is 0 Å². The Balaban J connectivity index is 2.26. The fourth-order valence-electron chi connectivity index (χ4n) is 2.13. The number of likely N-dealkylation sites (N-methyl/N-ethyl adjacent to an activating group) is 1. The molecule has 0 aliphatic carbocycles. The molecule has 0 saturated heterocycles. The topological polar surface area (TPSA) is 32.3 Å². The van der Waals surface area contributed by atoms with Crippen molar-refractivity contribution in [3.63, 3.8) is 0 Å². The number of aliphatic hydroxyl groups excluding tert-OH is 1. The largest absolute Gasteiger partial charge is 0.386 e. The van der Waals surface area contributed by atoms with Gasteiger partial charge < -0.3 is 10.4 Å². The predicted molar refractivity (Wildman–Crippen MR) is 74.3 cm³/mol. The average molecular weight is 241 g/mol. The lowest BCUT2D eigenvalue weighted by atomic mass is 9.96. The summed E-state index contributed by atoms with van der Waals surface area (Å²) in [5.41, 5.74) is 2.04. The van der Waals surface area contributed by atoms with Crippen LogP contribution in [0, 0.1) is 0 Å². The molecule has 0 amide bonds. The molecule has 18 heavy (non-hydrogen) atoms. The number of hydrogen-bond acceptors (Lipinski definition) is 2. The van der Waals surface area contributed by atoms with Crippen molar-refractivity contribution in [2.75, 3.05) is 6.54 Å². The summed E-state index contributed by atoms with van der Waals surface area (Å²) in [6.07, 6.45) is -0.534. The molecule has 0 spiro atoms. The molecule has 0 unspecified atom stereocenters. The molecule has 0 aliphatic rings. The smallest absolute Gasteiger partial charge is 0.0984 e. The van der Waals surface area contributed by atoms with Crippen LogP contribution in [0.4, 0.5) is 0 Å². The summed E-state index contributed by atoms with van der Waals surface area (Å²) < 4.78 is 0. The molecular weight excluding hydrogens is 222 g/mol. The molecular formula is C16H19NO. The van der Waals surface area contributed by atoms with Gasteiger partial charge in [0.05, 0.1) is 12.1 Å². The van der Waals surface area contributed by atoms with Crippen LogP contribution in [0.5, 0.6) is 0 Å². The molecule has 0 fully saturated rings. The van der Waals surface area contributed by atoms with E-state index in [2.05, 4.69) is 5.32 Å². The second-order valence-electron chi connectivity index (χ2n) is 4.30.